The topological polar surface area (TPSA) is 46.5 Å². The third kappa shape index (κ3) is 0.878. The van der Waals surface area contributed by atoms with E-state index < -0.39 is 11.7 Å². The highest BCUT2D eigenvalue weighted by Gasteiger charge is 2.45. The predicted octanol–water partition coefficient (Wildman–Crippen LogP) is 0.383. The summed E-state index contributed by atoms with van der Waals surface area (Å²) in [6, 6.07) is 0. The lowest BCUT2D eigenvalue weighted by atomic mass is 10.0. The van der Waals surface area contributed by atoms with Gasteiger partial charge in [0.2, 0.25) is 0 Å². The van der Waals surface area contributed by atoms with Gasteiger partial charge in [0.05, 0.1) is 6.10 Å². The first-order valence-electron chi connectivity index (χ1n) is 3.83. The van der Waals surface area contributed by atoms with Crippen LogP contribution in [0.5, 0.6) is 0 Å². The summed E-state index contributed by atoms with van der Waals surface area (Å²) in [6.45, 7) is 0. The van der Waals surface area contributed by atoms with Crippen molar-refractivity contribution in [2.75, 3.05) is 0 Å². The molecule has 1 aliphatic heterocycles. The van der Waals surface area contributed by atoms with E-state index in [1.807, 2.05) is 0 Å². The van der Waals surface area contributed by atoms with E-state index in [1.54, 1.807) is 6.08 Å². The van der Waals surface area contributed by atoms with Crippen LogP contribution in [-0.4, -0.2) is 22.8 Å². The molecule has 0 radical (unpaired) electrons. The molecule has 0 aromatic heterocycles. The smallest absolute Gasteiger partial charge is 0.331 e. The molecule has 1 saturated carbocycles. The fourth-order valence-electron chi connectivity index (χ4n) is 1.76. The lowest BCUT2D eigenvalue weighted by Gasteiger charge is -2.24. The van der Waals surface area contributed by atoms with E-state index in [0.717, 1.165) is 19.3 Å². The lowest BCUT2D eigenvalue weighted by molar-refractivity contribution is -0.151. The minimum absolute atomic E-state index is 0.328. The quantitative estimate of drug-likeness (QED) is 0.513. The first-order chi connectivity index (χ1) is 5.23. The average molecular weight is 154 g/mol. The number of aliphatic hydroxyl groups excluding tert-OH is 1. The van der Waals surface area contributed by atoms with E-state index in [0.29, 0.717) is 0 Å². The number of ether oxygens (including phenoxy) is 1. The summed E-state index contributed by atoms with van der Waals surface area (Å²) in [5, 5.41) is 9.47. The summed E-state index contributed by atoms with van der Waals surface area (Å²) in [7, 11) is 0. The zero-order chi connectivity index (χ0) is 7.90. The van der Waals surface area contributed by atoms with Crippen LogP contribution in [0, 0.1) is 0 Å². The monoisotopic (exact) mass is 154 g/mol. The molecule has 1 heterocycles. The van der Waals surface area contributed by atoms with Gasteiger partial charge in [-0.15, -0.1) is 0 Å². The van der Waals surface area contributed by atoms with Gasteiger partial charge in [-0.3, -0.25) is 0 Å². The van der Waals surface area contributed by atoms with E-state index in [2.05, 4.69) is 0 Å². The molecular formula is C8H10O3. The van der Waals surface area contributed by atoms with Gasteiger partial charge in [0, 0.05) is 6.08 Å². The second-order valence-electron chi connectivity index (χ2n) is 3.12. The van der Waals surface area contributed by atoms with E-state index in [9.17, 15) is 9.90 Å². The predicted molar refractivity (Wildman–Crippen MR) is 37.8 cm³/mol. The number of esters is 1. The van der Waals surface area contributed by atoms with Crippen molar-refractivity contribution >= 4 is 5.97 Å². The van der Waals surface area contributed by atoms with Gasteiger partial charge in [-0.2, -0.15) is 0 Å². The Labute approximate surface area is 64.7 Å². The molecule has 3 heteroatoms. The van der Waals surface area contributed by atoms with E-state index in [-0.39, 0.29) is 5.97 Å². The Morgan fingerprint density at radius 1 is 1.73 bits per heavy atom. The highest BCUT2D eigenvalue weighted by atomic mass is 16.6. The molecule has 0 aromatic rings. The lowest BCUT2D eigenvalue weighted by Crippen LogP contribution is -2.36. The number of rotatable bonds is 0. The van der Waals surface area contributed by atoms with Crippen LogP contribution in [0.2, 0.25) is 0 Å². The zero-order valence-corrected chi connectivity index (χ0v) is 6.12. The second-order valence-corrected chi connectivity index (χ2v) is 3.12. The Balaban J connectivity index is 2.24. The Kier molecular flexibility index (Phi) is 1.29. The fourth-order valence-corrected chi connectivity index (χ4v) is 1.76. The summed E-state index contributed by atoms with van der Waals surface area (Å²) in [5.41, 5.74) is -0.656. The Morgan fingerprint density at radius 2 is 2.55 bits per heavy atom. The maximum absolute atomic E-state index is 10.7. The number of hydrogen-bond acceptors (Lipinski definition) is 3. The number of hydrogen-bond donors (Lipinski definition) is 1. The maximum atomic E-state index is 10.7. The van der Waals surface area contributed by atoms with Gasteiger partial charge in [-0.1, -0.05) is 0 Å². The average Bonchev–Trinajstić information content (AvgIpc) is 2.46. The molecule has 0 amide bonds. The second kappa shape index (κ2) is 2.08. The Hall–Kier alpha value is -0.830. The van der Waals surface area contributed by atoms with Crippen LogP contribution in [0.15, 0.2) is 12.2 Å². The number of carbonyl (C=O) groups excluding carboxylic acids is 1. The van der Waals surface area contributed by atoms with Crippen molar-refractivity contribution in [3.63, 3.8) is 0 Å². The molecule has 3 nitrogen and oxygen atoms in total. The standard InChI is InChI=1S/C8H10O3/c9-6-2-1-4-8(6)5-3-7(10)11-8/h3,5-6,9H,1-2,4H2/t6-,8+/m1/s1. The van der Waals surface area contributed by atoms with Crippen molar-refractivity contribution < 1.29 is 14.6 Å². The first kappa shape index (κ1) is 6.85. The van der Waals surface area contributed by atoms with Crippen LogP contribution in [0.1, 0.15) is 19.3 Å². The molecular weight excluding hydrogens is 144 g/mol. The SMILES string of the molecule is O=C1C=C[C@]2(CCC[C@H]2O)O1. The molecule has 2 rings (SSSR count). The largest absolute Gasteiger partial charge is 0.449 e. The van der Waals surface area contributed by atoms with Crippen LogP contribution in [0.25, 0.3) is 0 Å². The third-order valence-electron chi connectivity index (χ3n) is 2.40. The van der Waals surface area contributed by atoms with Crippen LogP contribution in [-0.2, 0) is 9.53 Å². The fraction of sp³-hybridized carbons (Fsp3) is 0.625. The van der Waals surface area contributed by atoms with Gasteiger partial charge >= 0.3 is 5.97 Å². The molecule has 2 aliphatic rings. The van der Waals surface area contributed by atoms with E-state index >= 15 is 0 Å². The third-order valence-corrected chi connectivity index (χ3v) is 2.40. The van der Waals surface area contributed by atoms with Crippen LogP contribution in [0.4, 0.5) is 0 Å². The molecule has 0 saturated heterocycles. The van der Waals surface area contributed by atoms with Gasteiger partial charge in [0.25, 0.3) is 0 Å². The molecule has 1 fully saturated rings. The van der Waals surface area contributed by atoms with Gasteiger partial charge in [0.1, 0.15) is 0 Å². The maximum Gasteiger partial charge on any atom is 0.331 e. The van der Waals surface area contributed by atoms with Gasteiger partial charge in [0.15, 0.2) is 5.60 Å². The molecule has 2 atom stereocenters. The minimum atomic E-state index is -0.656. The first-order valence-corrected chi connectivity index (χ1v) is 3.83. The number of carbonyl (C=O) groups is 1. The molecule has 0 unspecified atom stereocenters. The summed E-state index contributed by atoms with van der Waals surface area (Å²) in [6.07, 6.45) is 5.01. The molecule has 0 aromatic carbocycles. The van der Waals surface area contributed by atoms with Crippen LogP contribution >= 0.6 is 0 Å². The van der Waals surface area contributed by atoms with E-state index in [4.69, 9.17) is 4.74 Å². The Bertz CT molecular complexity index is 221. The molecule has 60 valence electrons. The highest BCUT2D eigenvalue weighted by Crippen LogP contribution is 2.37. The summed E-state index contributed by atoms with van der Waals surface area (Å²) in [4.78, 5) is 10.7. The summed E-state index contributed by atoms with van der Waals surface area (Å²) < 4.78 is 5.02. The van der Waals surface area contributed by atoms with Crippen LogP contribution in [0.3, 0.4) is 0 Å². The number of aliphatic hydroxyl groups is 1. The van der Waals surface area contributed by atoms with Crippen molar-refractivity contribution in [3.8, 4) is 0 Å². The van der Waals surface area contributed by atoms with Gasteiger partial charge in [-0.25, -0.2) is 4.79 Å². The van der Waals surface area contributed by atoms with Crippen LogP contribution < -0.4 is 0 Å². The minimum Gasteiger partial charge on any atom is -0.449 e. The normalized spacial score (nSPS) is 41.9. The molecule has 11 heavy (non-hydrogen) atoms. The van der Waals surface area contributed by atoms with Crippen molar-refractivity contribution in [2.24, 2.45) is 0 Å². The molecule has 1 N–H and O–H groups in total. The Morgan fingerprint density at radius 3 is 3.00 bits per heavy atom. The molecule has 1 aliphatic carbocycles. The van der Waals surface area contributed by atoms with Crippen molar-refractivity contribution in [2.45, 2.75) is 31.0 Å². The van der Waals surface area contributed by atoms with Gasteiger partial charge in [-0.05, 0) is 25.3 Å². The summed E-state index contributed by atoms with van der Waals surface area (Å²) >= 11 is 0. The zero-order valence-electron chi connectivity index (χ0n) is 6.12. The van der Waals surface area contributed by atoms with Crippen molar-refractivity contribution in [3.05, 3.63) is 12.2 Å². The van der Waals surface area contributed by atoms with E-state index in [1.165, 1.54) is 6.08 Å². The van der Waals surface area contributed by atoms with Gasteiger partial charge < -0.3 is 9.84 Å². The highest BCUT2D eigenvalue weighted by molar-refractivity contribution is 5.85. The molecule has 1 spiro atoms. The summed E-state index contributed by atoms with van der Waals surface area (Å²) in [5.74, 6) is -0.328. The molecule has 0 bridgehead atoms. The van der Waals surface area contributed by atoms with Crippen molar-refractivity contribution in [1.82, 2.24) is 0 Å². The van der Waals surface area contributed by atoms with Crippen molar-refractivity contribution in [1.29, 1.82) is 0 Å².